The SMILES string of the molecule is C[C@H](NC(=O)C1CCCC1)c1ccc(C(=O)O)cc1. The van der Waals surface area contributed by atoms with Gasteiger partial charge in [-0.05, 0) is 37.5 Å². The van der Waals surface area contributed by atoms with E-state index in [1.54, 1.807) is 24.3 Å². The highest BCUT2D eigenvalue weighted by Crippen LogP contribution is 2.25. The summed E-state index contributed by atoms with van der Waals surface area (Å²) in [5.74, 6) is -0.665. The van der Waals surface area contributed by atoms with Gasteiger partial charge in [0.25, 0.3) is 0 Å². The molecule has 1 aliphatic carbocycles. The van der Waals surface area contributed by atoms with Crippen LogP contribution in [0.3, 0.4) is 0 Å². The van der Waals surface area contributed by atoms with E-state index in [-0.39, 0.29) is 23.4 Å². The molecule has 0 aromatic heterocycles. The fourth-order valence-corrected chi connectivity index (χ4v) is 2.52. The number of hydrogen-bond acceptors (Lipinski definition) is 2. The number of amides is 1. The summed E-state index contributed by atoms with van der Waals surface area (Å²) in [6.07, 6.45) is 4.24. The van der Waals surface area contributed by atoms with Crippen LogP contribution in [-0.2, 0) is 4.79 Å². The monoisotopic (exact) mass is 261 g/mol. The number of carboxylic acids is 1. The molecule has 1 atom stereocenters. The minimum atomic E-state index is -0.936. The fourth-order valence-electron chi connectivity index (χ4n) is 2.52. The summed E-state index contributed by atoms with van der Waals surface area (Å²) in [6.45, 7) is 1.92. The van der Waals surface area contributed by atoms with Crippen LogP contribution in [0.1, 0.15) is 54.6 Å². The molecule has 2 rings (SSSR count). The van der Waals surface area contributed by atoms with Crippen LogP contribution in [0.2, 0.25) is 0 Å². The Labute approximate surface area is 112 Å². The Kier molecular flexibility index (Phi) is 4.20. The minimum absolute atomic E-state index is 0.0871. The molecule has 102 valence electrons. The Balaban J connectivity index is 1.97. The van der Waals surface area contributed by atoms with E-state index in [0.717, 1.165) is 31.2 Å². The lowest BCUT2D eigenvalue weighted by molar-refractivity contribution is -0.125. The molecule has 1 saturated carbocycles. The highest BCUT2D eigenvalue weighted by molar-refractivity contribution is 5.87. The van der Waals surface area contributed by atoms with Crippen molar-refractivity contribution >= 4 is 11.9 Å². The van der Waals surface area contributed by atoms with Crippen molar-refractivity contribution in [3.8, 4) is 0 Å². The van der Waals surface area contributed by atoms with Gasteiger partial charge in [-0.25, -0.2) is 4.79 Å². The van der Waals surface area contributed by atoms with E-state index in [0.29, 0.717) is 0 Å². The van der Waals surface area contributed by atoms with Crippen LogP contribution >= 0.6 is 0 Å². The van der Waals surface area contributed by atoms with Crippen LogP contribution in [0, 0.1) is 5.92 Å². The van der Waals surface area contributed by atoms with Crippen LogP contribution in [0.25, 0.3) is 0 Å². The van der Waals surface area contributed by atoms with E-state index < -0.39 is 5.97 Å². The summed E-state index contributed by atoms with van der Waals surface area (Å²) in [6, 6.07) is 6.55. The van der Waals surface area contributed by atoms with Gasteiger partial charge in [0.15, 0.2) is 0 Å². The van der Waals surface area contributed by atoms with Crippen molar-refractivity contribution in [3.05, 3.63) is 35.4 Å². The Bertz CT molecular complexity index is 461. The summed E-state index contributed by atoms with van der Waals surface area (Å²) in [7, 11) is 0. The highest BCUT2D eigenvalue weighted by atomic mass is 16.4. The summed E-state index contributed by atoms with van der Waals surface area (Å²) in [5, 5.41) is 11.8. The van der Waals surface area contributed by atoms with E-state index in [2.05, 4.69) is 5.32 Å². The van der Waals surface area contributed by atoms with Gasteiger partial charge in [-0.3, -0.25) is 4.79 Å². The molecule has 19 heavy (non-hydrogen) atoms. The minimum Gasteiger partial charge on any atom is -0.478 e. The summed E-state index contributed by atoms with van der Waals surface area (Å²) < 4.78 is 0. The highest BCUT2D eigenvalue weighted by Gasteiger charge is 2.23. The number of nitrogens with one attached hydrogen (secondary N) is 1. The average molecular weight is 261 g/mol. The molecule has 1 aromatic carbocycles. The molecule has 0 bridgehead atoms. The predicted octanol–water partition coefficient (Wildman–Crippen LogP) is 2.75. The van der Waals surface area contributed by atoms with E-state index in [4.69, 9.17) is 5.11 Å². The van der Waals surface area contributed by atoms with Gasteiger partial charge in [0.1, 0.15) is 0 Å². The van der Waals surface area contributed by atoms with Gasteiger partial charge in [0.05, 0.1) is 11.6 Å². The number of benzene rings is 1. The molecule has 0 aliphatic heterocycles. The van der Waals surface area contributed by atoms with Crippen molar-refractivity contribution in [3.63, 3.8) is 0 Å². The summed E-state index contributed by atoms with van der Waals surface area (Å²) in [4.78, 5) is 22.8. The molecule has 1 amide bonds. The summed E-state index contributed by atoms with van der Waals surface area (Å²) >= 11 is 0. The first-order valence-electron chi connectivity index (χ1n) is 6.71. The lowest BCUT2D eigenvalue weighted by Crippen LogP contribution is -2.31. The fraction of sp³-hybridized carbons (Fsp3) is 0.467. The van der Waals surface area contributed by atoms with Crippen LogP contribution in [0.4, 0.5) is 0 Å². The zero-order valence-corrected chi connectivity index (χ0v) is 11.1. The largest absolute Gasteiger partial charge is 0.478 e. The molecule has 0 unspecified atom stereocenters. The first kappa shape index (κ1) is 13.6. The Hall–Kier alpha value is -1.84. The second-order valence-corrected chi connectivity index (χ2v) is 5.14. The Morgan fingerprint density at radius 2 is 1.79 bits per heavy atom. The zero-order valence-electron chi connectivity index (χ0n) is 11.1. The lowest BCUT2D eigenvalue weighted by Gasteiger charge is -2.17. The molecule has 1 fully saturated rings. The quantitative estimate of drug-likeness (QED) is 0.875. The normalized spacial score (nSPS) is 17.1. The molecule has 4 nitrogen and oxygen atoms in total. The maximum absolute atomic E-state index is 12.0. The van der Waals surface area contributed by atoms with Crippen molar-refractivity contribution in [2.45, 2.75) is 38.6 Å². The zero-order chi connectivity index (χ0) is 13.8. The number of carbonyl (C=O) groups excluding carboxylic acids is 1. The number of carbonyl (C=O) groups is 2. The first-order chi connectivity index (χ1) is 9.08. The van der Waals surface area contributed by atoms with Crippen molar-refractivity contribution in [2.75, 3.05) is 0 Å². The van der Waals surface area contributed by atoms with Crippen molar-refractivity contribution in [2.24, 2.45) is 5.92 Å². The van der Waals surface area contributed by atoms with E-state index in [1.807, 2.05) is 6.92 Å². The van der Waals surface area contributed by atoms with Gasteiger partial charge in [-0.1, -0.05) is 25.0 Å². The van der Waals surface area contributed by atoms with Crippen molar-refractivity contribution in [1.82, 2.24) is 5.32 Å². The number of rotatable bonds is 4. The molecule has 1 aromatic rings. The van der Waals surface area contributed by atoms with Gasteiger partial charge in [-0.2, -0.15) is 0 Å². The maximum atomic E-state index is 12.0. The number of aromatic carboxylic acids is 1. The predicted molar refractivity (Wildman–Crippen MR) is 71.9 cm³/mol. The molecular formula is C15H19NO3. The third-order valence-corrected chi connectivity index (χ3v) is 3.74. The van der Waals surface area contributed by atoms with Crippen LogP contribution in [0.5, 0.6) is 0 Å². The third kappa shape index (κ3) is 3.34. The number of carboxylic acid groups (broad SMARTS) is 1. The van der Waals surface area contributed by atoms with Gasteiger partial charge >= 0.3 is 5.97 Å². The standard InChI is InChI=1S/C15H19NO3/c1-10(16-14(17)12-4-2-3-5-12)11-6-8-13(9-7-11)15(18)19/h6-10,12H,2-5H2,1H3,(H,16,17)(H,18,19)/t10-/m0/s1. The molecule has 0 saturated heterocycles. The van der Waals surface area contributed by atoms with Gasteiger partial charge < -0.3 is 10.4 Å². The molecule has 0 radical (unpaired) electrons. The topological polar surface area (TPSA) is 66.4 Å². The summed E-state index contributed by atoms with van der Waals surface area (Å²) in [5.41, 5.74) is 1.19. The van der Waals surface area contributed by atoms with Crippen LogP contribution in [0.15, 0.2) is 24.3 Å². The second-order valence-electron chi connectivity index (χ2n) is 5.14. The molecule has 0 spiro atoms. The third-order valence-electron chi connectivity index (χ3n) is 3.74. The molecule has 2 N–H and O–H groups in total. The lowest BCUT2D eigenvalue weighted by atomic mass is 10.0. The second kappa shape index (κ2) is 5.87. The van der Waals surface area contributed by atoms with Crippen molar-refractivity contribution < 1.29 is 14.7 Å². The Morgan fingerprint density at radius 3 is 2.32 bits per heavy atom. The molecule has 4 heteroatoms. The van der Waals surface area contributed by atoms with E-state index >= 15 is 0 Å². The van der Waals surface area contributed by atoms with Crippen molar-refractivity contribution in [1.29, 1.82) is 0 Å². The number of hydrogen-bond donors (Lipinski definition) is 2. The smallest absolute Gasteiger partial charge is 0.335 e. The van der Waals surface area contributed by atoms with Gasteiger partial charge in [0, 0.05) is 5.92 Å². The molecular weight excluding hydrogens is 242 g/mol. The van der Waals surface area contributed by atoms with Gasteiger partial charge in [-0.15, -0.1) is 0 Å². The van der Waals surface area contributed by atoms with E-state index in [9.17, 15) is 9.59 Å². The van der Waals surface area contributed by atoms with Crippen LogP contribution < -0.4 is 5.32 Å². The van der Waals surface area contributed by atoms with Gasteiger partial charge in [0.2, 0.25) is 5.91 Å². The molecule has 0 heterocycles. The van der Waals surface area contributed by atoms with E-state index in [1.165, 1.54) is 0 Å². The molecule has 1 aliphatic rings. The average Bonchev–Trinajstić information content (AvgIpc) is 2.92. The Morgan fingerprint density at radius 1 is 1.21 bits per heavy atom. The van der Waals surface area contributed by atoms with Crippen LogP contribution in [-0.4, -0.2) is 17.0 Å². The maximum Gasteiger partial charge on any atom is 0.335 e. The first-order valence-corrected chi connectivity index (χ1v) is 6.71.